The van der Waals surface area contributed by atoms with Gasteiger partial charge in [-0.05, 0) is 25.5 Å². The van der Waals surface area contributed by atoms with Crippen LogP contribution in [0.5, 0.6) is 0 Å². The zero-order valence-corrected chi connectivity index (χ0v) is 14.1. The molecule has 8 nitrogen and oxygen atoms in total. The molecule has 2 aromatic heterocycles. The molecule has 0 radical (unpaired) electrons. The van der Waals surface area contributed by atoms with Crippen molar-refractivity contribution in [2.45, 2.75) is 19.3 Å². The normalized spacial score (nSPS) is 18.5. The summed E-state index contributed by atoms with van der Waals surface area (Å²) in [6, 6.07) is 9.42. The van der Waals surface area contributed by atoms with Crippen LogP contribution in [0.4, 0.5) is 5.82 Å². The summed E-state index contributed by atoms with van der Waals surface area (Å²) < 4.78 is 10.8. The summed E-state index contributed by atoms with van der Waals surface area (Å²) in [4.78, 5) is 20.5. The Morgan fingerprint density at radius 3 is 2.81 bits per heavy atom. The van der Waals surface area contributed by atoms with Crippen LogP contribution in [0.3, 0.4) is 0 Å². The third-order valence-electron chi connectivity index (χ3n) is 4.23. The van der Waals surface area contributed by atoms with Crippen molar-refractivity contribution in [3.63, 3.8) is 0 Å². The number of anilines is 1. The Hall–Kier alpha value is -3.29. The second-order valence-electron chi connectivity index (χ2n) is 6.01. The Labute approximate surface area is 149 Å². The fourth-order valence-electron chi connectivity index (χ4n) is 2.80. The van der Waals surface area contributed by atoms with Crippen LogP contribution >= 0.6 is 0 Å². The van der Waals surface area contributed by atoms with Crippen LogP contribution in [0.25, 0.3) is 23.0 Å². The van der Waals surface area contributed by atoms with E-state index in [9.17, 15) is 4.79 Å². The van der Waals surface area contributed by atoms with Crippen LogP contribution in [0.1, 0.15) is 25.0 Å². The lowest BCUT2D eigenvalue weighted by Crippen LogP contribution is -2.08. The molecule has 0 aliphatic heterocycles. The number of nitrogen functional groups attached to an aromatic ring is 1. The number of nitrogens with zero attached hydrogens (tertiary/aromatic N) is 4. The van der Waals surface area contributed by atoms with E-state index in [-0.39, 0.29) is 29.5 Å². The molecule has 8 heteroatoms. The highest BCUT2D eigenvalue weighted by Crippen LogP contribution is 2.47. The number of hydrogen-bond donors (Lipinski definition) is 1. The number of rotatable bonds is 5. The van der Waals surface area contributed by atoms with Gasteiger partial charge >= 0.3 is 5.97 Å². The van der Waals surface area contributed by atoms with E-state index < -0.39 is 0 Å². The van der Waals surface area contributed by atoms with E-state index in [1.807, 2.05) is 30.3 Å². The van der Waals surface area contributed by atoms with Crippen molar-refractivity contribution in [1.82, 2.24) is 20.2 Å². The highest BCUT2D eigenvalue weighted by Gasteiger charge is 2.46. The van der Waals surface area contributed by atoms with Gasteiger partial charge in [-0.3, -0.25) is 4.79 Å². The molecular formula is C18H17N5O3. The standard InChI is InChI=1S/C18H17N5O3/c1-2-25-18(24)12-8-11(12)13-9-20-15(19)14(21-13)17-23-22-16(26-17)10-6-4-3-5-7-10/h3-7,9,11-12H,2,8H2,1H3,(H2,19,20)/t11-,12-/m0/s1. The molecule has 1 fully saturated rings. The van der Waals surface area contributed by atoms with Crippen LogP contribution in [-0.2, 0) is 9.53 Å². The zero-order chi connectivity index (χ0) is 18.1. The number of aromatic nitrogens is 4. The number of esters is 1. The molecule has 3 aromatic rings. The number of hydrogen-bond acceptors (Lipinski definition) is 8. The minimum absolute atomic E-state index is 0.0163. The summed E-state index contributed by atoms with van der Waals surface area (Å²) in [7, 11) is 0. The molecule has 0 bridgehead atoms. The fraction of sp³-hybridized carbons (Fsp3) is 0.278. The zero-order valence-electron chi connectivity index (χ0n) is 14.1. The van der Waals surface area contributed by atoms with Crippen LogP contribution in [0.15, 0.2) is 40.9 Å². The topological polar surface area (TPSA) is 117 Å². The van der Waals surface area contributed by atoms with Crippen molar-refractivity contribution < 1.29 is 13.9 Å². The molecule has 0 spiro atoms. The Balaban J connectivity index is 1.60. The van der Waals surface area contributed by atoms with Gasteiger partial charge in [0, 0.05) is 11.5 Å². The van der Waals surface area contributed by atoms with E-state index in [4.69, 9.17) is 14.9 Å². The smallest absolute Gasteiger partial charge is 0.309 e. The molecule has 2 N–H and O–H groups in total. The highest BCUT2D eigenvalue weighted by atomic mass is 16.5. The van der Waals surface area contributed by atoms with E-state index in [1.165, 1.54) is 0 Å². The number of benzene rings is 1. The summed E-state index contributed by atoms with van der Waals surface area (Å²) >= 11 is 0. The van der Waals surface area contributed by atoms with Gasteiger partial charge in [0.05, 0.1) is 24.4 Å². The molecule has 4 rings (SSSR count). The number of nitrogens with two attached hydrogens (primary N) is 1. The van der Waals surface area contributed by atoms with Gasteiger partial charge in [0.1, 0.15) is 0 Å². The average molecular weight is 351 g/mol. The predicted octanol–water partition coefficient (Wildman–Crippen LogP) is 2.44. The van der Waals surface area contributed by atoms with Crippen molar-refractivity contribution in [3.8, 4) is 23.0 Å². The first-order valence-corrected chi connectivity index (χ1v) is 8.35. The van der Waals surface area contributed by atoms with E-state index >= 15 is 0 Å². The Morgan fingerprint density at radius 2 is 2.04 bits per heavy atom. The first-order valence-electron chi connectivity index (χ1n) is 8.35. The number of carbonyl (C=O) groups excluding carboxylic acids is 1. The first-order chi connectivity index (χ1) is 12.7. The third-order valence-corrected chi connectivity index (χ3v) is 4.23. The average Bonchev–Trinajstić information content (AvgIpc) is 3.32. The summed E-state index contributed by atoms with van der Waals surface area (Å²) in [5, 5.41) is 8.08. The highest BCUT2D eigenvalue weighted by molar-refractivity contribution is 5.77. The SMILES string of the molecule is CCOC(=O)[C@H]1C[C@@H]1c1cnc(N)c(-c2nnc(-c3ccccc3)o2)n1. The van der Waals surface area contributed by atoms with E-state index in [1.54, 1.807) is 13.1 Å². The van der Waals surface area contributed by atoms with Crippen LogP contribution in [-0.4, -0.2) is 32.7 Å². The third kappa shape index (κ3) is 3.01. The van der Waals surface area contributed by atoms with Crippen LogP contribution in [0, 0.1) is 5.92 Å². The van der Waals surface area contributed by atoms with Gasteiger partial charge < -0.3 is 14.9 Å². The maximum absolute atomic E-state index is 11.8. The predicted molar refractivity (Wildman–Crippen MR) is 92.7 cm³/mol. The van der Waals surface area contributed by atoms with Crippen molar-refractivity contribution in [3.05, 3.63) is 42.2 Å². The lowest BCUT2D eigenvalue weighted by atomic mass is 10.2. The monoisotopic (exact) mass is 351 g/mol. The molecule has 2 atom stereocenters. The van der Waals surface area contributed by atoms with E-state index in [2.05, 4.69) is 20.2 Å². The lowest BCUT2D eigenvalue weighted by Gasteiger charge is -2.04. The van der Waals surface area contributed by atoms with Gasteiger partial charge in [0.25, 0.3) is 5.89 Å². The molecular weight excluding hydrogens is 334 g/mol. The van der Waals surface area contributed by atoms with Gasteiger partial charge in [-0.25, -0.2) is 9.97 Å². The van der Waals surface area contributed by atoms with Gasteiger partial charge in [-0.2, -0.15) is 0 Å². The van der Waals surface area contributed by atoms with Crippen molar-refractivity contribution in [2.24, 2.45) is 5.92 Å². The summed E-state index contributed by atoms with van der Waals surface area (Å²) in [5.74, 6) is 0.375. The summed E-state index contributed by atoms with van der Waals surface area (Å²) in [6.07, 6.45) is 2.27. The lowest BCUT2D eigenvalue weighted by molar-refractivity contribution is -0.144. The molecule has 1 aliphatic carbocycles. The van der Waals surface area contributed by atoms with Gasteiger partial charge in [-0.15, -0.1) is 10.2 Å². The van der Waals surface area contributed by atoms with Crippen molar-refractivity contribution in [2.75, 3.05) is 12.3 Å². The second-order valence-corrected chi connectivity index (χ2v) is 6.01. The molecule has 0 saturated heterocycles. The molecule has 1 aliphatic rings. The fourth-order valence-corrected chi connectivity index (χ4v) is 2.80. The van der Waals surface area contributed by atoms with Crippen LogP contribution in [0.2, 0.25) is 0 Å². The van der Waals surface area contributed by atoms with Crippen LogP contribution < -0.4 is 5.73 Å². The minimum Gasteiger partial charge on any atom is -0.466 e. The molecule has 1 aromatic carbocycles. The minimum atomic E-state index is -0.207. The van der Waals surface area contributed by atoms with E-state index in [0.717, 1.165) is 5.56 Å². The molecule has 26 heavy (non-hydrogen) atoms. The summed E-state index contributed by atoms with van der Waals surface area (Å²) in [6.45, 7) is 2.15. The number of carbonyl (C=O) groups is 1. The van der Waals surface area contributed by atoms with Crippen molar-refractivity contribution in [1.29, 1.82) is 0 Å². The summed E-state index contributed by atoms with van der Waals surface area (Å²) in [5.41, 5.74) is 7.74. The van der Waals surface area contributed by atoms with Crippen molar-refractivity contribution >= 4 is 11.8 Å². The number of ether oxygens (including phenoxy) is 1. The first kappa shape index (κ1) is 16.2. The molecule has 0 amide bonds. The molecule has 2 heterocycles. The quantitative estimate of drug-likeness (QED) is 0.697. The Kier molecular flexibility index (Phi) is 4.08. The molecule has 1 saturated carbocycles. The second kappa shape index (κ2) is 6.55. The molecule has 132 valence electrons. The maximum atomic E-state index is 11.8. The molecule has 0 unspecified atom stereocenters. The van der Waals surface area contributed by atoms with Gasteiger partial charge in [-0.1, -0.05) is 18.2 Å². The Morgan fingerprint density at radius 1 is 1.27 bits per heavy atom. The largest absolute Gasteiger partial charge is 0.466 e. The Bertz CT molecular complexity index is 941. The van der Waals surface area contributed by atoms with E-state index in [0.29, 0.717) is 30.3 Å². The maximum Gasteiger partial charge on any atom is 0.309 e. The van der Waals surface area contributed by atoms with Gasteiger partial charge in [0.2, 0.25) is 5.89 Å². The van der Waals surface area contributed by atoms with Gasteiger partial charge in [0.15, 0.2) is 11.5 Å².